The van der Waals surface area contributed by atoms with Crippen molar-refractivity contribution in [1.29, 1.82) is 0 Å². The maximum Gasteiger partial charge on any atom is 0.238 e. The molecule has 128 valence electrons. The summed E-state index contributed by atoms with van der Waals surface area (Å²) >= 11 is 1.76. The van der Waals surface area contributed by atoms with Crippen molar-refractivity contribution in [1.82, 2.24) is 4.90 Å². The first-order chi connectivity index (χ1) is 11.4. The Hall–Kier alpha value is -1.70. The number of nitrogens with zero attached hydrogens (tertiary/aromatic N) is 1. The van der Waals surface area contributed by atoms with Crippen molar-refractivity contribution in [2.75, 3.05) is 24.7 Å². The molecule has 1 aliphatic heterocycles. The summed E-state index contributed by atoms with van der Waals surface area (Å²) in [6.07, 6.45) is 2.09. The summed E-state index contributed by atoms with van der Waals surface area (Å²) in [7, 11) is -3.38. The summed E-state index contributed by atoms with van der Waals surface area (Å²) in [4.78, 5) is 16.1. The molecule has 1 amide bonds. The van der Waals surface area contributed by atoms with Crippen LogP contribution in [0.3, 0.4) is 0 Å². The molecule has 1 N–H and O–H groups in total. The second-order valence-corrected chi connectivity index (χ2v) is 9.00. The first-order valence-electron chi connectivity index (χ1n) is 7.75. The Morgan fingerprint density at radius 1 is 1.33 bits per heavy atom. The highest BCUT2D eigenvalue weighted by Gasteiger charge is 2.26. The molecule has 2 aromatic rings. The third kappa shape index (κ3) is 3.53. The Morgan fingerprint density at radius 2 is 2.08 bits per heavy atom. The van der Waals surface area contributed by atoms with E-state index in [9.17, 15) is 13.2 Å². The number of amides is 1. The van der Waals surface area contributed by atoms with Gasteiger partial charge in [0.05, 0.1) is 17.1 Å². The molecule has 3 rings (SSSR count). The Labute approximate surface area is 146 Å². The predicted molar refractivity (Wildman–Crippen MR) is 96.2 cm³/mol. The zero-order valence-corrected chi connectivity index (χ0v) is 15.3. The van der Waals surface area contributed by atoms with Crippen LogP contribution in [0.1, 0.15) is 23.4 Å². The van der Waals surface area contributed by atoms with Gasteiger partial charge in [0.15, 0.2) is 9.84 Å². The smallest absolute Gasteiger partial charge is 0.238 e. The fourth-order valence-electron chi connectivity index (χ4n) is 3.04. The molecule has 0 saturated heterocycles. The topological polar surface area (TPSA) is 66.5 Å². The van der Waals surface area contributed by atoms with E-state index in [-0.39, 0.29) is 23.4 Å². The monoisotopic (exact) mass is 364 g/mol. The van der Waals surface area contributed by atoms with Crippen LogP contribution in [0.4, 0.5) is 5.69 Å². The summed E-state index contributed by atoms with van der Waals surface area (Å²) in [5, 5.41) is 4.84. The number of rotatable bonds is 4. The fourth-order valence-corrected chi connectivity index (χ4v) is 4.85. The molecule has 0 saturated carbocycles. The van der Waals surface area contributed by atoms with Crippen LogP contribution in [0, 0.1) is 0 Å². The second kappa shape index (κ2) is 6.66. The number of benzene rings is 1. The number of hydrogen-bond donors (Lipinski definition) is 1. The summed E-state index contributed by atoms with van der Waals surface area (Å²) in [5.74, 6) is -0.198. The number of carbonyl (C=O) groups excluding carboxylic acids is 1. The zero-order chi connectivity index (χ0) is 17.3. The predicted octanol–water partition coefficient (Wildman–Crippen LogP) is 2.71. The number of fused-ring (bicyclic) bond motifs is 1. The highest BCUT2D eigenvalue weighted by molar-refractivity contribution is 7.90. The lowest BCUT2D eigenvalue weighted by Crippen LogP contribution is -2.39. The first-order valence-corrected chi connectivity index (χ1v) is 10.5. The molecule has 24 heavy (non-hydrogen) atoms. The van der Waals surface area contributed by atoms with Crippen LogP contribution in [-0.2, 0) is 21.1 Å². The molecule has 1 aromatic carbocycles. The van der Waals surface area contributed by atoms with Gasteiger partial charge in [-0.1, -0.05) is 12.1 Å². The van der Waals surface area contributed by atoms with Gasteiger partial charge in [-0.3, -0.25) is 9.69 Å². The van der Waals surface area contributed by atoms with Gasteiger partial charge < -0.3 is 5.32 Å². The fraction of sp³-hybridized carbons (Fsp3) is 0.353. The zero-order valence-electron chi connectivity index (χ0n) is 13.7. The van der Waals surface area contributed by atoms with Crippen LogP contribution in [0.15, 0.2) is 40.6 Å². The van der Waals surface area contributed by atoms with Crippen LogP contribution in [0.25, 0.3) is 0 Å². The molecule has 1 aromatic heterocycles. The van der Waals surface area contributed by atoms with E-state index >= 15 is 0 Å². The van der Waals surface area contributed by atoms with E-state index in [4.69, 9.17) is 0 Å². The molecular formula is C17H20N2O3S2. The SMILES string of the molecule is C[C@@H]1c2ccsc2CCN1CC(=O)Nc1ccccc1S(C)(=O)=O. The van der Waals surface area contributed by atoms with E-state index in [0.29, 0.717) is 5.69 Å². The van der Waals surface area contributed by atoms with Gasteiger partial charge in [0.2, 0.25) is 5.91 Å². The van der Waals surface area contributed by atoms with Gasteiger partial charge in [0.25, 0.3) is 0 Å². The number of hydrogen-bond acceptors (Lipinski definition) is 5. The molecule has 0 radical (unpaired) electrons. The highest BCUT2D eigenvalue weighted by Crippen LogP contribution is 2.32. The van der Waals surface area contributed by atoms with Crippen LogP contribution >= 0.6 is 11.3 Å². The molecule has 1 atom stereocenters. The lowest BCUT2D eigenvalue weighted by molar-refractivity contribution is -0.117. The van der Waals surface area contributed by atoms with E-state index in [0.717, 1.165) is 19.2 Å². The molecule has 7 heteroatoms. The van der Waals surface area contributed by atoms with E-state index in [2.05, 4.69) is 28.6 Å². The molecule has 0 bridgehead atoms. The van der Waals surface area contributed by atoms with Crippen molar-refractivity contribution in [3.05, 3.63) is 46.2 Å². The number of sulfone groups is 1. The van der Waals surface area contributed by atoms with E-state index in [1.165, 1.54) is 16.5 Å². The van der Waals surface area contributed by atoms with E-state index in [1.54, 1.807) is 29.5 Å². The number of carbonyl (C=O) groups is 1. The average Bonchev–Trinajstić information content (AvgIpc) is 2.99. The lowest BCUT2D eigenvalue weighted by Gasteiger charge is -2.32. The minimum absolute atomic E-state index is 0.144. The van der Waals surface area contributed by atoms with Gasteiger partial charge >= 0.3 is 0 Å². The first kappa shape index (κ1) is 17.1. The van der Waals surface area contributed by atoms with Crippen molar-refractivity contribution in [3.63, 3.8) is 0 Å². The highest BCUT2D eigenvalue weighted by atomic mass is 32.2. The van der Waals surface area contributed by atoms with Crippen LogP contribution in [0.5, 0.6) is 0 Å². The molecule has 1 aliphatic rings. The average molecular weight is 364 g/mol. The quantitative estimate of drug-likeness (QED) is 0.906. The van der Waals surface area contributed by atoms with E-state index < -0.39 is 9.84 Å². The maximum atomic E-state index is 12.4. The minimum atomic E-state index is -3.38. The standard InChI is InChI=1S/C17H20N2O3S2/c1-12-13-8-10-23-15(13)7-9-19(12)11-17(20)18-14-5-3-4-6-16(14)24(2,21)22/h3-6,8,10,12H,7,9,11H2,1-2H3,(H,18,20)/t12-/m1/s1. The largest absolute Gasteiger partial charge is 0.324 e. The van der Waals surface area contributed by atoms with Crippen LogP contribution < -0.4 is 5.32 Å². The van der Waals surface area contributed by atoms with Gasteiger partial charge in [-0.15, -0.1) is 11.3 Å². The van der Waals surface area contributed by atoms with Crippen molar-refractivity contribution in [3.8, 4) is 0 Å². The van der Waals surface area contributed by atoms with Gasteiger partial charge in [-0.2, -0.15) is 0 Å². The van der Waals surface area contributed by atoms with Crippen LogP contribution in [0.2, 0.25) is 0 Å². The third-order valence-corrected chi connectivity index (χ3v) is 6.46. The van der Waals surface area contributed by atoms with Crippen molar-refractivity contribution in [2.45, 2.75) is 24.3 Å². The normalized spacial score (nSPS) is 18.2. The summed E-state index contributed by atoms with van der Waals surface area (Å²) < 4.78 is 23.6. The number of anilines is 1. The summed E-state index contributed by atoms with van der Waals surface area (Å²) in [6, 6.07) is 8.79. The number of para-hydroxylation sites is 1. The minimum Gasteiger partial charge on any atom is -0.324 e. The lowest BCUT2D eigenvalue weighted by atomic mass is 10.0. The molecule has 5 nitrogen and oxygen atoms in total. The third-order valence-electron chi connectivity index (χ3n) is 4.31. The Bertz CT molecular complexity index is 858. The summed E-state index contributed by atoms with van der Waals surface area (Å²) in [6.45, 7) is 3.17. The molecule has 0 fully saturated rings. The van der Waals surface area contributed by atoms with Gasteiger partial charge in [0.1, 0.15) is 0 Å². The van der Waals surface area contributed by atoms with Crippen molar-refractivity contribution in [2.24, 2.45) is 0 Å². The van der Waals surface area contributed by atoms with Crippen LogP contribution in [-0.4, -0.2) is 38.6 Å². The Kier molecular flexibility index (Phi) is 4.76. The molecule has 0 aliphatic carbocycles. The maximum absolute atomic E-state index is 12.4. The molecule has 2 heterocycles. The Balaban J connectivity index is 1.72. The number of thiophene rings is 1. The van der Waals surface area contributed by atoms with Crippen molar-refractivity contribution >= 4 is 32.8 Å². The van der Waals surface area contributed by atoms with Gasteiger partial charge in [0, 0.05) is 23.7 Å². The number of nitrogens with one attached hydrogen (secondary N) is 1. The van der Waals surface area contributed by atoms with Gasteiger partial charge in [-0.25, -0.2) is 8.42 Å². The molecule has 0 spiro atoms. The molecular weight excluding hydrogens is 344 g/mol. The van der Waals surface area contributed by atoms with Crippen molar-refractivity contribution < 1.29 is 13.2 Å². The second-order valence-electron chi connectivity index (χ2n) is 6.01. The van der Waals surface area contributed by atoms with E-state index in [1.807, 2.05) is 0 Å². The summed E-state index contributed by atoms with van der Waals surface area (Å²) in [5.41, 5.74) is 1.63. The molecule has 0 unspecified atom stereocenters. The van der Waals surface area contributed by atoms with Gasteiger partial charge in [-0.05, 0) is 42.5 Å². The Morgan fingerprint density at radius 3 is 2.83 bits per heavy atom.